The number of hydrogen-bond donors (Lipinski definition) is 2. The van der Waals surface area contributed by atoms with Crippen LogP contribution in [0.4, 0.5) is 13.6 Å². The van der Waals surface area contributed by atoms with Gasteiger partial charge in [0.25, 0.3) is 5.91 Å². The lowest BCUT2D eigenvalue weighted by molar-refractivity contribution is -0.148. The summed E-state index contributed by atoms with van der Waals surface area (Å²) in [5, 5.41) is 18.8. The second-order valence-corrected chi connectivity index (χ2v) is 8.25. The van der Waals surface area contributed by atoms with Crippen LogP contribution >= 0.6 is 11.3 Å². The highest BCUT2D eigenvalue weighted by atomic mass is 32.1. The second-order valence-electron chi connectivity index (χ2n) is 7.11. The molecule has 0 unspecified atom stereocenters. The molecule has 1 saturated heterocycles. The van der Waals surface area contributed by atoms with Crippen molar-refractivity contribution < 1.29 is 33.3 Å². The predicted octanol–water partition coefficient (Wildman–Crippen LogP) is 4.47. The van der Waals surface area contributed by atoms with Crippen LogP contribution in [-0.4, -0.2) is 51.8 Å². The molecule has 0 radical (unpaired) electrons. The van der Waals surface area contributed by atoms with Crippen molar-refractivity contribution in [3.63, 3.8) is 0 Å². The number of amides is 1. The molecule has 1 aromatic rings. The van der Waals surface area contributed by atoms with Crippen LogP contribution in [0.15, 0.2) is 24.3 Å². The number of nitrogens with zero attached hydrogens (tertiary/aromatic N) is 1. The van der Waals surface area contributed by atoms with E-state index in [2.05, 4.69) is 11.7 Å². The zero-order valence-electron chi connectivity index (χ0n) is 16.4. The number of aliphatic hydroxyl groups excluding tert-OH is 1. The van der Waals surface area contributed by atoms with Gasteiger partial charge in [0.2, 0.25) is 0 Å². The summed E-state index contributed by atoms with van der Waals surface area (Å²) in [6.45, 7) is 2.21. The summed E-state index contributed by atoms with van der Waals surface area (Å²) in [5.74, 6) is -4.58. The van der Waals surface area contributed by atoms with Gasteiger partial charge in [0.05, 0.1) is 12.1 Å². The summed E-state index contributed by atoms with van der Waals surface area (Å²) < 4.78 is 32.4. The van der Waals surface area contributed by atoms with Gasteiger partial charge in [-0.2, -0.15) is 8.78 Å². The fourth-order valence-electron chi connectivity index (χ4n) is 3.27. The number of carbonyl (C=O) groups is 2. The Labute approximate surface area is 172 Å². The Balaban J connectivity index is 1.90. The molecule has 1 amide bonds. The minimum Gasteiger partial charge on any atom is -0.449 e. The third-order valence-electron chi connectivity index (χ3n) is 4.75. The molecule has 1 aromatic heterocycles. The van der Waals surface area contributed by atoms with Gasteiger partial charge in [0.1, 0.15) is 0 Å². The Bertz CT molecular complexity index is 721. The summed E-state index contributed by atoms with van der Waals surface area (Å²) in [5.41, 5.74) is 0. The first-order chi connectivity index (χ1) is 13.7. The van der Waals surface area contributed by atoms with Crippen LogP contribution in [0.25, 0.3) is 0 Å². The highest BCUT2D eigenvalue weighted by molar-refractivity contribution is 7.13. The maximum Gasteiger partial charge on any atom is 0.512 e. The molecule has 162 valence electrons. The zero-order chi connectivity index (χ0) is 21.4. The van der Waals surface area contributed by atoms with Gasteiger partial charge in [0.15, 0.2) is 5.06 Å². The van der Waals surface area contributed by atoms with Gasteiger partial charge >= 0.3 is 12.1 Å². The normalized spacial score (nSPS) is 19.8. The smallest absolute Gasteiger partial charge is 0.449 e. The van der Waals surface area contributed by atoms with Crippen molar-refractivity contribution in [3.8, 4) is 5.06 Å². The van der Waals surface area contributed by atoms with Crippen LogP contribution in [0.1, 0.15) is 50.3 Å². The van der Waals surface area contributed by atoms with Gasteiger partial charge in [-0.15, -0.1) is 11.3 Å². The standard InChI is InChI=1S/C20H27F2NO5S/c1-2-3-4-6-15(24)9-8-14-13-20(21,22)18(25)23(14)12-5-7-16-10-11-17(29-16)28-19(26)27/h8-11,14-15,24H,2-7,12-13H2,1H3,(H,26,27)/b9-8+/t14-,15+/m0/s1. The first kappa shape index (κ1) is 23.3. The van der Waals surface area contributed by atoms with E-state index in [0.717, 1.165) is 29.0 Å². The summed E-state index contributed by atoms with van der Waals surface area (Å²) in [6, 6.07) is 2.51. The first-order valence-corrected chi connectivity index (χ1v) is 10.6. The Morgan fingerprint density at radius 3 is 2.86 bits per heavy atom. The summed E-state index contributed by atoms with van der Waals surface area (Å²) >= 11 is 1.17. The minimum atomic E-state index is -3.40. The number of carboxylic acid groups (broad SMARTS) is 1. The van der Waals surface area contributed by atoms with E-state index in [1.165, 1.54) is 29.6 Å². The van der Waals surface area contributed by atoms with Crippen molar-refractivity contribution in [1.82, 2.24) is 4.90 Å². The molecule has 2 N–H and O–H groups in total. The fourth-order valence-corrected chi connectivity index (χ4v) is 4.16. The van der Waals surface area contributed by atoms with Crippen LogP contribution in [0.3, 0.4) is 0 Å². The number of aliphatic hydroxyl groups is 1. The largest absolute Gasteiger partial charge is 0.512 e. The quantitative estimate of drug-likeness (QED) is 0.307. The van der Waals surface area contributed by atoms with Crippen molar-refractivity contribution >= 4 is 23.4 Å². The molecule has 29 heavy (non-hydrogen) atoms. The van der Waals surface area contributed by atoms with Crippen molar-refractivity contribution in [2.75, 3.05) is 6.54 Å². The number of rotatable bonds is 11. The van der Waals surface area contributed by atoms with Gasteiger partial charge < -0.3 is 19.8 Å². The monoisotopic (exact) mass is 431 g/mol. The summed E-state index contributed by atoms with van der Waals surface area (Å²) in [6.07, 6.45) is 4.77. The average Bonchev–Trinajstić information content (AvgIpc) is 3.16. The molecule has 9 heteroatoms. The van der Waals surface area contributed by atoms with E-state index in [1.54, 1.807) is 6.07 Å². The number of likely N-dealkylation sites (tertiary alicyclic amines) is 1. The SMILES string of the molecule is CCCCC[C@@H](O)/C=C/[C@H]1CC(F)(F)C(=O)N1CCCc1ccc(OC(=O)O)s1. The van der Waals surface area contributed by atoms with Crippen molar-refractivity contribution in [2.45, 2.75) is 69.9 Å². The van der Waals surface area contributed by atoms with E-state index in [4.69, 9.17) is 5.11 Å². The third-order valence-corrected chi connectivity index (χ3v) is 5.77. The summed E-state index contributed by atoms with van der Waals surface area (Å²) in [7, 11) is 0. The van der Waals surface area contributed by atoms with Gasteiger partial charge in [0, 0.05) is 17.8 Å². The molecule has 2 heterocycles. The Morgan fingerprint density at radius 2 is 2.17 bits per heavy atom. The number of ether oxygens (including phenoxy) is 1. The van der Waals surface area contributed by atoms with Crippen LogP contribution in [0.5, 0.6) is 5.06 Å². The number of halogens is 2. The topological polar surface area (TPSA) is 87.1 Å². The van der Waals surface area contributed by atoms with E-state index >= 15 is 0 Å². The lowest BCUT2D eigenvalue weighted by Crippen LogP contribution is -2.36. The van der Waals surface area contributed by atoms with Crippen molar-refractivity contribution in [1.29, 1.82) is 0 Å². The second kappa shape index (κ2) is 10.7. The van der Waals surface area contributed by atoms with E-state index in [1.807, 2.05) is 0 Å². The van der Waals surface area contributed by atoms with Crippen LogP contribution in [-0.2, 0) is 11.2 Å². The molecular weight excluding hydrogens is 404 g/mol. The minimum absolute atomic E-state index is 0.155. The summed E-state index contributed by atoms with van der Waals surface area (Å²) in [4.78, 5) is 24.6. The van der Waals surface area contributed by atoms with Gasteiger partial charge in [-0.3, -0.25) is 4.79 Å². The molecule has 6 nitrogen and oxygen atoms in total. The molecule has 0 saturated carbocycles. The highest BCUT2D eigenvalue weighted by Gasteiger charge is 2.52. The van der Waals surface area contributed by atoms with E-state index in [0.29, 0.717) is 19.3 Å². The maximum atomic E-state index is 13.9. The molecule has 0 aromatic carbocycles. The molecular formula is C20H27F2NO5S. The highest BCUT2D eigenvalue weighted by Crippen LogP contribution is 2.34. The van der Waals surface area contributed by atoms with Gasteiger partial charge in [-0.1, -0.05) is 38.3 Å². The Hall–Kier alpha value is -2.00. The zero-order valence-corrected chi connectivity index (χ0v) is 17.2. The van der Waals surface area contributed by atoms with Crippen LogP contribution < -0.4 is 4.74 Å². The van der Waals surface area contributed by atoms with E-state index in [9.17, 15) is 23.5 Å². The maximum absolute atomic E-state index is 13.9. The molecule has 2 rings (SSSR count). The number of thiophene rings is 1. The lowest BCUT2D eigenvalue weighted by Gasteiger charge is -2.21. The number of carbonyl (C=O) groups excluding carboxylic acids is 1. The van der Waals surface area contributed by atoms with E-state index in [-0.39, 0.29) is 11.6 Å². The van der Waals surface area contributed by atoms with Crippen LogP contribution in [0, 0.1) is 0 Å². The molecule has 1 aliphatic heterocycles. The molecule has 1 fully saturated rings. The average molecular weight is 432 g/mol. The van der Waals surface area contributed by atoms with Gasteiger partial charge in [-0.25, -0.2) is 4.79 Å². The molecule has 0 spiro atoms. The number of unbranched alkanes of at least 4 members (excludes halogenated alkanes) is 2. The molecule has 0 aliphatic carbocycles. The van der Waals surface area contributed by atoms with E-state index < -0.39 is 36.6 Å². The van der Waals surface area contributed by atoms with Crippen molar-refractivity contribution in [3.05, 3.63) is 29.2 Å². The first-order valence-electron chi connectivity index (χ1n) is 9.77. The number of aryl methyl sites for hydroxylation is 1. The van der Waals surface area contributed by atoms with Gasteiger partial charge in [-0.05, 0) is 31.4 Å². The Kier molecular flexibility index (Phi) is 8.58. The van der Waals surface area contributed by atoms with Crippen LogP contribution in [0.2, 0.25) is 0 Å². The number of hydrogen-bond acceptors (Lipinski definition) is 5. The predicted molar refractivity (Wildman–Crippen MR) is 106 cm³/mol. The Morgan fingerprint density at radius 1 is 1.41 bits per heavy atom. The fraction of sp³-hybridized carbons (Fsp3) is 0.600. The van der Waals surface area contributed by atoms with Crippen molar-refractivity contribution in [2.24, 2.45) is 0 Å². The molecule has 2 atom stereocenters. The molecule has 1 aliphatic rings. The number of alkyl halides is 2. The third kappa shape index (κ3) is 7.08. The molecule has 0 bridgehead atoms. The lowest BCUT2D eigenvalue weighted by atomic mass is 10.1.